The van der Waals surface area contributed by atoms with Crippen molar-refractivity contribution >= 4 is 6.09 Å². The van der Waals surface area contributed by atoms with Gasteiger partial charge in [0.15, 0.2) is 0 Å². The third-order valence-corrected chi connectivity index (χ3v) is 1.17. The molecule has 0 aromatic carbocycles. The zero-order chi connectivity index (χ0) is 7.56. The van der Waals surface area contributed by atoms with Crippen molar-refractivity contribution in [3.05, 3.63) is 24.0 Å². The molecule has 10 heavy (non-hydrogen) atoms. The highest BCUT2D eigenvalue weighted by molar-refractivity contribution is 5.67. The fourth-order valence-electron chi connectivity index (χ4n) is 0.704. The van der Waals surface area contributed by atoms with Gasteiger partial charge >= 0.3 is 6.09 Å². The lowest BCUT2D eigenvalue weighted by Crippen LogP contribution is -2.29. The highest BCUT2D eigenvalue weighted by atomic mass is 16.4. The Balaban J connectivity index is 2.64. The predicted octanol–water partition coefficient (Wildman–Crippen LogP) is 0.336. The van der Waals surface area contributed by atoms with Crippen LogP contribution in [0, 0.1) is 0 Å². The first-order valence-electron chi connectivity index (χ1n) is 2.82. The van der Waals surface area contributed by atoms with E-state index in [0.717, 1.165) is 4.90 Å². The van der Waals surface area contributed by atoms with Gasteiger partial charge in [0.2, 0.25) is 0 Å². The van der Waals surface area contributed by atoms with Crippen LogP contribution in [0.3, 0.4) is 0 Å². The molecule has 1 aliphatic heterocycles. The largest absolute Gasteiger partial charge is 0.465 e. The summed E-state index contributed by atoms with van der Waals surface area (Å²) in [5, 5.41) is 8.45. The van der Waals surface area contributed by atoms with Gasteiger partial charge in [0.25, 0.3) is 0 Å². The summed E-state index contributed by atoms with van der Waals surface area (Å²) in [7, 11) is 0. The molecule has 0 bridgehead atoms. The highest BCUT2D eigenvalue weighted by Crippen LogP contribution is 2.01. The van der Waals surface area contributed by atoms with E-state index in [1.54, 1.807) is 12.2 Å². The average molecular weight is 140 g/mol. The summed E-state index contributed by atoms with van der Waals surface area (Å²) in [6, 6.07) is 0. The number of hydrogen-bond acceptors (Lipinski definition) is 2. The summed E-state index contributed by atoms with van der Waals surface area (Å²) in [4.78, 5) is 11.4. The predicted molar refractivity (Wildman–Crippen MR) is 36.1 cm³/mol. The molecule has 0 unspecified atom stereocenters. The third kappa shape index (κ3) is 1.28. The Hall–Kier alpha value is -1.45. The summed E-state index contributed by atoms with van der Waals surface area (Å²) < 4.78 is 0. The number of nitrogens with two attached hydrogens (primary N) is 1. The van der Waals surface area contributed by atoms with Gasteiger partial charge in [-0.15, -0.1) is 0 Å². The van der Waals surface area contributed by atoms with E-state index in [4.69, 9.17) is 10.8 Å². The van der Waals surface area contributed by atoms with E-state index in [-0.39, 0.29) is 6.54 Å². The lowest BCUT2D eigenvalue weighted by atomic mass is 10.3. The first-order valence-corrected chi connectivity index (χ1v) is 2.82. The molecular formula is C6H8N2O2. The number of hydrogen-bond donors (Lipinski definition) is 2. The fraction of sp³-hybridized carbons (Fsp3) is 0.167. The fourth-order valence-corrected chi connectivity index (χ4v) is 0.704. The second-order valence-electron chi connectivity index (χ2n) is 1.99. The van der Waals surface area contributed by atoms with E-state index in [1.165, 1.54) is 6.20 Å². The van der Waals surface area contributed by atoms with Crippen molar-refractivity contribution in [3.8, 4) is 0 Å². The van der Waals surface area contributed by atoms with Crippen LogP contribution in [0.5, 0.6) is 0 Å². The quantitative estimate of drug-likeness (QED) is 0.509. The van der Waals surface area contributed by atoms with Crippen molar-refractivity contribution in [2.45, 2.75) is 0 Å². The van der Waals surface area contributed by atoms with Gasteiger partial charge in [0.05, 0.1) is 6.54 Å². The third-order valence-electron chi connectivity index (χ3n) is 1.17. The molecule has 0 saturated carbocycles. The Morgan fingerprint density at radius 2 is 2.50 bits per heavy atom. The molecule has 0 atom stereocenters. The van der Waals surface area contributed by atoms with Crippen LogP contribution in [-0.2, 0) is 0 Å². The van der Waals surface area contributed by atoms with Gasteiger partial charge in [-0.1, -0.05) is 0 Å². The van der Waals surface area contributed by atoms with Gasteiger partial charge in [-0.05, 0) is 12.2 Å². The summed E-state index contributed by atoms with van der Waals surface area (Å²) in [6.07, 6.45) is 3.78. The van der Waals surface area contributed by atoms with Crippen LogP contribution in [0.2, 0.25) is 0 Å². The minimum Gasteiger partial charge on any atom is -0.465 e. The van der Waals surface area contributed by atoms with Crippen molar-refractivity contribution in [1.29, 1.82) is 0 Å². The summed E-state index contributed by atoms with van der Waals surface area (Å²) in [5.74, 6) is 0. The first kappa shape index (κ1) is 6.67. The second kappa shape index (κ2) is 2.43. The average Bonchev–Trinajstić information content (AvgIpc) is 1.88. The van der Waals surface area contributed by atoms with Crippen LogP contribution in [0.25, 0.3) is 0 Å². The first-order chi connectivity index (χ1) is 4.70. The monoisotopic (exact) mass is 140 g/mol. The molecule has 0 aliphatic carbocycles. The molecule has 0 aromatic heterocycles. The minimum absolute atomic E-state index is 0.270. The van der Waals surface area contributed by atoms with E-state index in [0.29, 0.717) is 5.70 Å². The number of carboxylic acid groups (broad SMARTS) is 1. The van der Waals surface area contributed by atoms with E-state index < -0.39 is 6.09 Å². The zero-order valence-electron chi connectivity index (χ0n) is 5.32. The Morgan fingerprint density at radius 3 is 2.90 bits per heavy atom. The lowest BCUT2D eigenvalue weighted by Gasteiger charge is -2.16. The molecule has 4 nitrogen and oxygen atoms in total. The Kier molecular flexibility index (Phi) is 1.62. The van der Waals surface area contributed by atoms with Crippen molar-refractivity contribution < 1.29 is 9.90 Å². The molecule has 54 valence electrons. The Bertz CT molecular complexity index is 208. The van der Waals surface area contributed by atoms with Crippen LogP contribution in [-0.4, -0.2) is 22.6 Å². The molecule has 0 aromatic rings. The number of amides is 1. The molecule has 0 radical (unpaired) electrons. The molecule has 1 amide bonds. The molecular weight excluding hydrogens is 132 g/mol. The van der Waals surface area contributed by atoms with E-state index >= 15 is 0 Å². The van der Waals surface area contributed by atoms with Gasteiger partial charge in [0, 0.05) is 11.9 Å². The Labute approximate surface area is 58.2 Å². The van der Waals surface area contributed by atoms with Crippen LogP contribution < -0.4 is 5.73 Å². The van der Waals surface area contributed by atoms with Crippen molar-refractivity contribution in [2.75, 3.05) is 6.54 Å². The number of rotatable bonds is 0. The highest BCUT2D eigenvalue weighted by Gasteiger charge is 2.10. The number of carbonyl (C=O) groups is 1. The molecule has 1 heterocycles. The van der Waals surface area contributed by atoms with Gasteiger partial charge < -0.3 is 10.8 Å². The SMILES string of the molecule is NC1=CC=CN(C(=O)O)C1. The number of allylic oxidation sites excluding steroid dienone is 2. The normalized spacial score (nSPS) is 16.8. The maximum Gasteiger partial charge on any atom is 0.411 e. The summed E-state index contributed by atoms with van der Waals surface area (Å²) >= 11 is 0. The van der Waals surface area contributed by atoms with Gasteiger partial charge in [0.1, 0.15) is 0 Å². The topological polar surface area (TPSA) is 66.6 Å². The van der Waals surface area contributed by atoms with Crippen molar-refractivity contribution in [2.24, 2.45) is 5.73 Å². The molecule has 0 spiro atoms. The lowest BCUT2D eigenvalue weighted by molar-refractivity contribution is 0.165. The van der Waals surface area contributed by atoms with Crippen LogP contribution >= 0.6 is 0 Å². The Morgan fingerprint density at radius 1 is 1.80 bits per heavy atom. The van der Waals surface area contributed by atoms with E-state index in [2.05, 4.69) is 0 Å². The number of nitrogens with zero attached hydrogens (tertiary/aromatic N) is 1. The van der Waals surface area contributed by atoms with Crippen molar-refractivity contribution in [3.63, 3.8) is 0 Å². The smallest absolute Gasteiger partial charge is 0.411 e. The molecule has 4 heteroatoms. The maximum atomic E-state index is 10.3. The van der Waals surface area contributed by atoms with Crippen LogP contribution in [0.4, 0.5) is 4.79 Å². The van der Waals surface area contributed by atoms with Gasteiger partial charge in [-0.25, -0.2) is 4.79 Å². The van der Waals surface area contributed by atoms with Gasteiger partial charge in [-0.2, -0.15) is 0 Å². The summed E-state index contributed by atoms with van der Waals surface area (Å²) in [6.45, 7) is 0.270. The van der Waals surface area contributed by atoms with Crippen LogP contribution in [0.1, 0.15) is 0 Å². The maximum absolute atomic E-state index is 10.3. The molecule has 0 saturated heterocycles. The standard InChI is InChI=1S/C6H8N2O2/c7-5-2-1-3-8(4-5)6(9)10/h1-3H,4,7H2,(H,9,10). The van der Waals surface area contributed by atoms with E-state index in [1.807, 2.05) is 0 Å². The van der Waals surface area contributed by atoms with Crippen LogP contribution in [0.15, 0.2) is 24.0 Å². The molecule has 1 aliphatic rings. The van der Waals surface area contributed by atoms with Gasteiger partial charge in [-0.3, -0.25) is 4.90 Å². The minimum atomic E-state index is -0.979. The molecule has 1 rings (SSSR count). The van der Waals surface area contributed by atoms with Crippen molar-refractivity contribution in [1.82, 2.24) is 4.90 Å². The molecule has 0 fully saturated rings. The molecule has 3 N–H and O–H groups in total. The van der Waals surface area contributed by atoms with E-state index in [9.17, 15) is 4.79 Å². The zero-order valence-corrected chi connectivity index (χ0v) is 5.32. The second-order valence-corrected chi connectivity index (χ2v) is 1.99. The summed E-state index contributed by atoms with van der Waals surface area (Å²) in [5.41, 5.74) is 5.93.